The Morgan fingerprint density at radius 2 is 1.74 bits per heavy atom. The highest BCUT2D eigenvalue weighted by Gasteiger charge is 2.22. The summed E-state index contributed by atoms with van der Waals surface area (Å²) in [6, 6.07) is 12.6. The van der Waals surface area contributed by atoms with Crippen molar-refractivity contribution < 1.29 is 14.0 Å². The van der Waals surface area contributed by atoms with Crippen molar-refractivity contribution >= 4 is 17.8 Å². The normalized spacial score (nSPS) is 15.4. The van der Waals surface area contributed by atoms with E-state index in [1.54, 1.807) is 29.2 Å². The third-order valence-electron chi connectivity index (χ3n) is 4.63. The average molecular weight is 363 g/mol. The summed E-state index contributed by atoms with van der Waals surface area (Å²) in [7, 11) is 2.01. The first-order valence-corrected chi connectivity index (χ1v) is 8.79. The molecule has 1 saturated heterocycles. The number of carbonyl (C=O) groups excluding carboxylic acids is 2. The fourth-order valence-electron chi connectivity index (χ4n) is 2.92. The van der Waals surface area contributed by atoms with Gasteiger partial charge in [0.2, 0.25) is 0 Å². The molecule has 0 aliphatic carbocycles. The van der Waals surface area contributed by atoms with Crippen LogP contribution in [0.15, 0.2) is 46.4 Å². The van der Waals surface area contributed by atoms with Gasteiger partial charge in [0, 0.05) is 43.4 Å². The van der Waals surface area contributed by atoms with E-state index in [0.29, 0.717) is 30.2 Å². The summed E-state index contributed by atoms with van der Waals surface area (Å²) in [4.78, 5) is 27.8. The van der Waals surface area contributed by atoms with Crippen LogP contribution >= 0.6 is 0 Å². The molecule has 0 unspecified atom stereocenters. The summed E-state index contributed by atoms with van der Waals surface area (Å²) < 4.78 is 5.77. The predicted octanol–water partition coefficient (Wildman–Crippen LogP) is 2.83. The number of piperazine rings is 1. The fourth-order valence-corrected chi connectivity index (χ4v) is 2.92. The van der Waals surface area contributed by atoms with Gasteiger partial charge in [0.15, 0.2) is 5.78 Å². The molecule has 1 aliphatic rings. The quantitative estimate of drug-likeness (QED) is 0.474. The number of nitriles is 1. The van der Waals surface area contributed by atoms with Crippen molar-refractivity contribution in [2.45, 2.75) is 6.92 Å². The molecular weight excluding hydrogens is 342 g/mol. The lowest BCUT2D eigenvalue weighted by Gasteiger charge is -2.32. The van der Waals surface area contributed by atoms with Crippen molar-refractivity contribution in [1.29, 1.82) is 5.26 Å². The molecule has 138 valence electrons. The third kappa shape index (κ3) is 4.33. The molecule has 1 amide bonds. The molecule has 0 spiro atoms. The molecule has 6 heteroatoms. The highest BCUT2D eigenvalue weighted by molar-refractivity contribution is 6.01. The zero-order chi connectivity index (χ0) is 19.4. The Bertz CT molecular complexity index is 911. The van der Waals surface area contributed by atoms with Crippen molar-refractivity contribution in [2.24, 2.45) is 0 Å². The van der Waals surface area contributed by atoms with Crippen molar-refractivity contribution in [3.8, 4) is 17.4 Å². The molecule has 1 aliphatic heterocycles. The van der Waals surface area contributed by atoms with Crippen LogP contribution in [0.25, 0.3) is 17.4 Å². The molecule has 27 heavy (non-hydrogen) atoms. The minimum Gasteiger partial charge on any atom is -0.457 e. The summed E-state index contributed by atoms with van der Waals surface area (Å²) in [6.07, 6.45) is 1.48. The van der Waals surface area contributed by atoms with Crippen LogP contribution in [0.5, 0.6) is 0 Å². The molecular formula is C21H21N3O3. The van der Waals surface area contributed by atoms with E-state index in [-0.39, 0.29) is 17.3 Å². The highest BCUT2D eigenvalue weighted by atomic mass is 16.3. The summed E-state index contributed by atoms with van der Waals surface area (Å²) in [5.41, 5.74) is 1.52. The number of rotatable bonds is 4. The molecule has 2 heterocycles. The Kier molecular flexibility index (Phi) is 5.53. The lowest BCUT2D eigenvalue weighted by Crippen LogP contribution is -2.47. The molecule has 1 aromatic heterocycles. The van der Waals surface area contributed by atoms with Gasteiger partial charge in [-0.15, -0.1) is 0 Å². The molecule has 1 fully saturated rings. The van der Waals surface area contributed by atoms with E-state index in [9.17, 15) is 14.9 Å². The zero-order valence-electron chi connectivity index (χ0n) is 15.4. The zero-order valence-corrected chi connectivity index (χ0v) is 15.4. The summed E-state index contributed by atoms with van der Waals surface area (Å²) >= 11 is 0. The minimum absolute atomic E-state index is 0.00528. The smallest absolute Gasteiger partial charge is 0.264 e. The number of hydrogen-bond donors (Lipinski definition) is 0. The molecule has 3 rings (SSSR count). The van der Waals surface area contributed by atoms with Gasteiger partial charge in [0.25, 0.3) is 5.91 Å². The van der Waals surface area contributed by atoms with Crippen LogP contribution < -0.4 is 0 Å². The van der Waals surface area contributed by atoms with Crippen molar-refractivity contribution in [2.75, 3.05) is 33.2 Å². The second-order valence-corrected chi connectivity index (χ2v) is 6.60. The molecule has 6 nitrogen and oxygen atoms in total. The van der Waals surface area contributed by atoms with E-state index >= 15 is 0 Å². The lowest BCUT2D eigenvalue weighted by molar-refractivity contribution is -0.128. The van der Waals surface area contributed by atoms with Crippen LogP contribution in [-0.2, 0) is 4.79 Å². The van der Waals surface area contributed by atoms with Gasteiger partial charge in [-0.05, 0) is 26.1 Å². The Morgan fingerprint density at radius 3 is 2.33 bits per heavy atom. The number of carbonyl (C=O) groups is 2. The molecule has 0 atom stereocenters. The number of amides is 1. The maximum Gasteiger partial charge on any atom is 0.264 e. The standard InChI is InChI=1S/C21H21N3O3/c1-15(25)16-3-5-17(6-4-16)20-8-7-19(27-20)13-18(14-22)21(26)24-11-9-23(2)10-12-24/h3-8,13H,9-12H2,1-2H3. The van der Waals surface area contributed by atoms with E-state index in [4.69, 9.17) is 4.42 Å². The largest absolute Gasteiger partial charge is 0.457 e. The number of nitrogens with zero attached hydrogens (tertiary/aromatic N) is 3. The van der Waals surface area contributed by atoms with Gasteiger partial charge in [0.1, 0.15) is 23.2 Å². The van der Waals surface area contributed by atoms with E-state index in [2.05, 4.69) is 4.90 Å². The Morgan fingerprint density at radius 1 is 1.07 bits per heavy atom. The number of ketones is 1. The van der Waals surface area contributed by atoms with Crippen LogP contribution in [0.4, 0.5) is 0 Å². The monoisotopic (exact) mass is 363 g/mol. The first-order chi connectivity index (χ1) is 13.0. The molecule has 2 aromatic rings. The van der Waals surface area contributed by atoms with Gasteiger partial charge >= 0.3 is 0 Å². The number of hydrogen-bond acceptors (Lipinski definition) is 5. The van der Waals surface area contributed by atoms with Gasteiger partial charge in [-0.1, -0.05) is 24.3 Å². The van der Waals surface area contributed by atoms with Gasteiger partial charge in [-0.3, -0.25) is 9.59 Å². The maximum absolute atomic E-state index is 12.6. The Labute approximate surface area is 158 Å². The maximum atomic E-state index is 12.6. The average Bonchev–Trinajstić information content (AvgIpc) is 3.15. The van der Waals surface area contributed by atoms with Crippen LogP contribution in [0.1, 0.15) is 23.0 Å². The Hall–Kier alpha value is -3.17. The summed E-state index contributed by atoms with van der Waals surface area (Å²) in [5, 5.41) is 9.40. The summed E-state index contributed by atoms with van der Waals surface area (Å²) in [5.74, 6) is 0.792. The van der Waals surface area contributed by atoms with E-state index in [0.717, 1.165) is 18.7 Å². The molecule has 1 aromatic carbocycles. The van der Waals surface area contributed by atoms with Crippen molar-refractivity contribution in [3.05, 3.63) is 53.3 Å². The van der Waals surface area contributed by atoms with Crippen LogP contribution in [0, 0.1) is 11.3 Å². The highest BCUT2D eigenvalue weighted by Crippen LogP contribution is 2.24. The fraction of sp³-hybridized carbons (Fsp3) is 0.286. The van der Waals surface area contributed by atoms with Crippen LogP contribution in [0.2, 0.25) is 0 Å². The van der Waals surface area contributed by atoms with Gasteiger partial charge in [-0.2, -0.15) is 5.26 Å². The molecule has 0 saturated carbocycles. The number of likely N-dealkylation sites (N-methyl/N-ethyl adjacent to an activating group) is 1. The van der Waals surface area contributed by atoms with Crippen LogP contribution in [0.3, 0.4) is 0 Å². The number of furan rings is 1. The van der Waals surface area contributed by atoms with Crippen molar-refractivity contribution in [3.63, 3.8) is 0 Å². The first kappa shape index (κ1) is 18.6. The number of benzene rings is 1. The predicted molar refractivity (Wildman–Crippen MR) is 102 cm³/mol. The van der Waals surface area contributed by atoms with E-state index in [1.807, 2.05) is 25.2 Å². The topological polar surface area (TPSA) is 77.5 Å². The minimum atomic E-state index is -0.269. The second kappa shape index (κ2) is 8.02. The second-order valence-electron chi connectivity index (χ2n) is 6.60. The van der Waals surface area contributed by atoms with E-state index in [1.165, 1.54) is 13.0 Å². The van der Waals surface area contributed by atoms with Crippen molar-refractivity contribution in [1.82, 2.24) is 9.80 Å². The van der Waals surface area contributed by atoms with Gasteiger partial charge in [0.05, 0.1) is 0 Å². The van der Waals surface area contributed by atoms with Gasteiger partial charge < -0.3 is 14.2 Å². The Balaban J connectivity index is 1.77. The molecule has 0 radical (unpaired) electrons. The van der Waals surface area contributed by atoms with E-state index < -0.39 is 0 Å². The third-order valence-corrected chi connectivity index (χ3v) is 4.63. The molecule has 0 bridgehead atoms. The van der Waals surface area contributed by atoms with Crippen LogP contribution in [-0.4, -0.2) is 54.7 Å². The van der Waals surface area contributed by atoms with Gasteiger partial charge in [-0.25, -0.2) is 0 Å². The number of Topliss-reactive ketones (excluding diaryl/α,β-unsaturated/α-hetero) is 1. The SMILES string of the molecule is CC(=O)c1ccc(-c2ccc(C=C(C#N)C(=O)N3CCN(C)CC3)o2)cc1. The lowest BCUT2D eigenvalue weighted by atomic mass is 10.1. The first-order valence-electron chi connectivity index (χ1n) is 8.79. The molecule has 0 N–H and O–H groups in total. The summed E-state index contributed by atoms with van der Waals surface area (Å²) in [6.45, 7) is 4.34.